The molecule has 0 aromatic heterocycles. The number of nitriles is 1. The number of anilines is 1. The van der Waals surface area contributed by atoms with Crippen LogP contribution in [0.2, 0.25) is 5.02 Å². The second-order valence-corrected chi connectivity index (χ2v) is 6.05. The number of nitrogens with one attached hydrogen (secondary N) is 2. The van der Waals surface area contributed by atoms with E-state index in [2.05, 4.69) is 17.6 Å². The Morgan fingerprint density at radius 1 is 1.28 bits per heavy atom. The summed E-state index contributed by atoms with van der Waals surface area (Å²) in [5, 5.41) is 15.6. The quantitative estimate of drug-likeness (QED) is 0.589. The van der Waals surface area contributed by atoms with Crippen molar-refractivity contribution in [3.8, 4) is 6.07 Å². The summed E-state index contributed by atoms with van der Waals surface area (Å²) in [6.45, 7) is 3.98. The van der Waals surface area contributed by atoms with E-state index < -0.39 is 5.91 Å². The summed E-state index contributed by atoms with van der Waals surface area (Å²) in [6.07, 6.45) is 2.35. The summed E-state index contributed by atoms with van der Waals surface area (Å²) in [4.78, 5) is 12.3. The first-order valence-corrected chi connectivity index (χ1v) is 8.43. The first-order chi connectivity index (χ1) is 12.0. The van der Waals surface area contributed by atoms with Crippen molar-refractivity contribution in [1.82, 2.24) is 5.32 Å². The summed E-state index contributed by atoms with van der Waals surface area (Å²) < 4.78 is 0. The van der Waals surface area contributed by atoms with Gasteiger partial charge in [-0.05, 0) is 42.7 Å². The molecule has 0 aliphatic rings. The molecular weight excluding hydrogens is 334 g/mol. The average molecular weight is 354 g/mol. The Kier molecular flexibility index (Phi) is 6.62. The highest BCUT2D eigenvalue weighted by Crippen LogP contribution is 2.16. The highest BCUT2D eigenvalue weighted by Gasteiger charge is 2.13. The minimum atomic E-state index is -0.427. The van der Waals surface area contributed by atoms with Crippen LogP contribution in [-0.4, -0.2) is 5.91 Å². The van der Waals surface area contributed by atoms with Crippen LogP contribution >= 0.6 is 11.6 Å². The monoisotopic (exact) mass is 353 g/mol. The molecule has 128 valence electrons. The Hall–Kier alpha value is -2.77. The van der Waals surface area contributed by atoms with Gasteiger partial charge >= 0.3 is 0 Å². The lowest BCUT2D eigenvalue weighted by atomic mass is 10.0. The number of halogens is 1. The van der Waals surface area contributed by atoms with Crippen LogP contribution in [0.4, 0.5) is 5.69 Å². The molecule has 0 saturated heterocycles. The standard InChI is InChI=1S/C20H20ClN3O/c1-3-15-7-9-16(10-8-15)14(2)24-20(25)17(12-22)13-23-19-6-4-5-18(21)11-19/h4-11,13-14,23H,3H2,1-2H3,(H,24,25)/b17-13-. The Labute approximate surface area is 153 Å². The molecule has 25 heavy (non-hydrogen) atoms. The normalized spacial score (nSPS) is 12.2. The highest BCUT2D eigenvalue weighted by atomic mass is 35.5. The molecule has 2 aromatic carbocycles. The third-order valence-electron chi connectivity index (χ3n) is 3.81. The van der Waals surface area contributed by atoms with Crippen LogP contribution in [-0.2, 0) is 11.2 Å². The lowest BCUT2D eigenvalue weighted by molar-refractivity contribution is -0.117. The van der Waals surface area contributed by atoms with Gasteiger partial charge in [-0.1, -0.05) is 48.9 Å². The molecular formula is C20H20ClN3O. The van der Waals surface area contributed by atoms with E-state index in [0.29, 0.717) is 10.7 Å². The molecule has 1 amide bonds. The first kappa shape index (κ1) is 18.6. The molecule has 0 bridgehead atoms. The first-order valence-electron chi connectivity index (χ1n) is 8.05. The molecule has 4 nitrogen and oxygen atoms in total. The fourth-order valence-corrected chi connectivity index (χ4v) is 2.47. The van der Waals surface area contributed by atoms with Crippen LogP contribution in [0, 0.1) is 11.3 Å². The number of hydrogen-bond acceptors (Lipinski definition) is 3. The van der Waals surface area contributed by atoms with Gasteiger partial charge in [0.25, 0.3) is 5.91 Å². The van der Waals surface area contributed by atoms with Gasteiger partial charge in [0.05, 0.1) is 6.04 Å². The summed E-state index contributed by atoms with van der Waals surface area (Å²) in [5.74, 6) is -0.427. The van der Waals surface area contributed by atoms with Crippen molar-refractivity contribution in [2.75, 3.05) is 5.32 Å². The van der Waals surface area contributed by atoms with Crippen molar-refractivity contribution in [2.24, 2.45) is 0 Å². The maximum absolute atomic E-state index is 12.3. The van der Waals surface area contributed by atoms with Crippen molar-refractivity contribution in [2.45, 2.75) is 26.3 Å². The minimum absolute atomic E-state index is 0.00277. The van der Waals surface area contributed by atoms with Crippen molar-refractivity contribution >= 4 is 23.2 Å². The van der Waals surface area contributed by atoms with Gasteiger partial charge in [-0.2, -0.15) is 5.26 Å². The Balaban J connectivity index is 2.03. The van der Waals surface area contributed by atoms with Gasteiger partial charge in [0.1, 0.15) is 11.6 Å². The maximum Gasteiger partial charge on any atom is 0.263 e. The lowest BCUT2D eigenvalue weighted by Crippen LogP contribution is -2.28. The summed E-state index contributed by atoms with van der Waals surface area (Å²) in [5.41, 5.74) is 2.93. The molecule has 2 N–H and O–H groups in total. The lowest BCUT2D eigenvalue weighted by Gasteiger charge is -2.14. The fraction of sp³-hybridized carbons (Fsp3) is 0.200. The third-order valence-corrected chi connectivity index (χ3v) is 4.04. The Bertz CT molecular complexity index is 806. The van der Waals surface area contributed by atoms with Gasteiger partial charge in [-0.3, -0.25) is 4.79 Å². The minimum Gasteiger partial charge on any atom is -0.360 e. The predicted octanol–water partition coefficient (Wildman–Crippen LogP) is 4.60. The zero-order chi connectivity index (χ0) is 18.2. The second-order valence-electron chi connectivity index (χ2n) is 5.61. The predicted molar refractivity (Wildman–Crippen MR) is 101 cm³/mol. The maximum atomic E-state index is 12.3. The molecule has 5 heteroatoms. The summed E-state index contributed by atoms with van der Waals surface area (Å²) in [7, 11) is 0. The molecule has 1 unspecified atom stereocenters. The van der Waals surface area contributed by atoms with Gasteiger partial charge in [0, 0.05) is 16.9 Å². The van der Waals surface area contributed by atoms with E-state index in [4.69, 9.17) is 11.6 Å². The number of aryl methyl sites for hydroxylation is 1. The fourth-order valence-electron chi connectivity index (χ4n) is 2.28. The van der Waals surface area contributed by atoms with Gasteiger partial charge < -0.3 is 10.6 Å². The largest absolute Gasteiger partial charge is 0.360 e. The number of benzene rings is 2. The van der Waals surface area contributed by atoms with E-state index >= 15 is 0 Å². The molecule has 0 saturated carbocycles. The number of rotatable bonds is 6. The summed E-state index contributed by atoms with van der Waals surface area (Å²) >= 11 is 5.91. The summed E-state index contributed by atoms with van der Waals surface area (Å²) in [6, 6.07) is 16.8. The van der Waals surface area contributed by atoms with Gasteiger partial charge in [0.15, 0.2) is 0 Å². The topological polar surface area (TPSA) is 64.9 Å². The molecule has 0 aliphatic heterocycles. The van der Waals surface area contributed by atoms with Crippen LogP contribution < -0.4 is 10.6 Å². The van der Waals surface area contributed by atoms with Crippen molar-refractivity contribution < 1.29 is 4.79 Å². The van der Waals surface area contributed by atoms with E-state index in [1.165, 1.54) is 11.8 Å². The molecule has 0 fully saturated rings. The molecule has 1 atom stereocenters. The molecule has 0 radical (unpaired) electrons. The van der Waals surface area contributed by atoms with Crippen LogP contribution in [0.5, 0.6) is 0 Å². The number of hydrogen-bond donors (Lipinski definition) is 2. The van der Waals surface area contributed by atoms with Crippen LogP contribution in [0.15, 0.2) is 60.3 Å². The van der Waals surface area contributed by atoms with E-state index in [0.717, 1.165) is 12.0 Å². The zero-order valence-corrected chi connectivity index (χ0v) is 15.0. The van der Waals surface area contributed by atoms with E-state index in [1.54, 1.807) is 24.3 Å². The molecule has 0 heterocycles. The molecule has 2 aromatic rings. The van der Waals surface area contributed by atoms with Gasteiger partial charge in [-0.25, -0.2) is 0 Å². The van der Waals surface area contributed by atoms with E-state index in [9.17, 15) is 10.1 Å². The number of carbonyl (C=O) groups is 1. The Morgan fingerprint density at radius 3 is 2.60 bits per heavy atom. The number of carbonyl (C=O) groups excluding carboxylic acids is 1. The van der Waals surface area contributed by atoms with Crippen LogP contribution in [0.1, 0.15) is 31.0 Å². The third kappa shape index (κ3) is 5.37. The van der Waals surface area contributed by atoms with Gasteiger partial charge in [-0.15, -0.1) is 0 Å². The van der Waals surface area contributed by atoms with Crippen molar-refractivity contribution in [3.05, 3.63) is 76.5 Å². The molecule has 2 rings (SSSR count). The molecule has 0 spiro atoms. The number of nitrogens with zero attached hydrogens (tertiary/aromatic N) is 1. The molecule has 0 aliphatic carbocycles. The smallest absolute Gasteiger partial charge is 0.263 e. The SMILES string of the molecule is CCc1ccc(C(C)NC(=O)/C(C#N)=C\Nc2cccc(Cl)c2)cc1. The van der Waals surface area contributed by atoms with Crippen LogP contribution in [0.3, 0.4) is 0 Å². The van der Waals surface area contributed by atoms with Crippen molar-refractivity contribution in [3.63, 3.8) is 0 Å². The van der Waals surface area contributed by atoms with E-state index in [-0.39, 0.29) is 11.6 Å². The highest BCUT2D eigenvalue weighted by molar-refractivity contribution is 6.30. The van der Waals surface area contributed by atoms with Crippen molar-refractivity contribution in [1.29, 1.82) is 5.26 Å². The van der Waals surface area contributed by atoms with E-state index in [1.807, 2.05) is 37.3 Å². The van der Waals surface area contributed by atoms with Crippen LogP contribution in [0.25, 0.3) is 0 Å². The number of amides is 1. The Morgan fingerprint density at radius 2 is 2.00 bits per heavy atom. The van der Waals surface area contributed by atoms with Gasteiger partial charge in [0.2, 0.25) is 0 Å². The average Bonchev–Trinajstić information content (AvgIpc) is 2.62. The zero-order valence-electron chi connectivity index (χ0n) is 14.2. The second kappa shape index (κ2) is 8.91.